The lowest BCUT2D eigenvalue weighted by Crippen LogP contribution is -2.46. The number of fused-ring (bicyclic) bond motifs is 1. The lowest BCUT2D eigenvalue weighted by molar-refractivity contribution is -0.133. The summed E-state index contributed by atoms with van der Waals surface area (Å²) < 4.78 is 0. The van der Waals surface area contributed by atoms with Crippen molar-refractivity contribution in [1.29, 1.82) is 0 Å². The SMILES string of the molecule is CC1CC(=O)Nc2ccccc2N1C(=O)CN(C)C(=O)C(Sc1ccccc1)c1ccccc1. The number of rotatable bonds is 6. The fraction of sp³-hybridized carbons (Fsp3) is 0.222. The van der Waals surface area contributed by atoms with E-state index in [1.165, 1.54) is 16.7 Å². The van der Waals surface area contributed by atoms with Gasteiger partial charge in [-0.15, -0.1) is 11.8 Å². The first-order valence-corrected chi connectivity index (χ1v) is 12.0. The van der Waals surface area contributed by atoms with Crippen LogP contribution in [-0.4, -0.2) is 42.3 Å². The molecule has 0 radical (unpaired) electrons. The minimum absolute atomic E-state index is 0.0929. The molecule has 0 saturated heterocycles. The first-order chi connectivity index (χ1) is 16.4. The van der Waals surface area contributed by atoms with Crippen LogP contribution in [-0.2, 0) is 14.4 Å². The summed E-state index contributed by atoms with van der Waals surface area (Å²) in [5, 5.41) is 2.38. The summed E-state index contributed by atoms with van der Waals surface area (Å²) in [6.07, 6.45) is 0.189. The van der Waals surface area contributed by atoms with Gasteiger partial charge in [-0.3, -0.25) is 14.4 Å². The highest BCUT2D eigenvalue weighted by Gasteiger charge is 2.32. The Kier molecular flexibility index (Phi) is 7.33. The fourth-order valence-electron chi connectivity index (χ4n) is 4.05. The van der Waals surface area contributed by atoms with Crippen molar-refractivity contribution in [1.82, 2.24) is 4.90 Å². The van der Waals surface area contributed by atoms with Crippen LogP contribution in [0.1, 0.15) is 24.2 Å². The second-order valence-electron chi connectivity index (χ2n) is 8.30. The zero-order chi connectivity index (χ0) is 24.1. The molecular formula is C27H27N3O3S. The molecule has 0 fully saturated rings. The maximum Gasteiger partial charge on any atom is 0.246 e. The van der Waals surface area contributed by atoms with Crippen molar-refractivity contribution >= 4 is 40.9 Å². The Bertz CT molecular complexity index is 1170. The molecule has 7 heteroatoms. The van der Waals surface area contributed by atoms with Gasteiger partial charge in [-0.05, 0) is 36.8 Å². The molecule has 6 nitrogen and oxygen atoms in total. The number of anilines is 2. The van der Waals surface area contributed by atoms with Gasteiger partial charge in [0.15, 0.2) is 0 Å². The largest absolute Gasteiger partial charge is 0.335 e. The van der Waals surface area contributed by atoms with Crippen molar-refractivity contribution in [2.24, 2.45) is 0 Å². The van der Waals surface area contributed by atoms with Crippen LogP contribution >= 0.6 is 11.8 Å². The summed E-state index contributed by atoms with van der Waals surface area (Å²) in [4.78, 5) is 43.4. The van der Waals surface area contributed by atoms with Crippen molar-refractivity contribution < 1.29 is 14.4 Å². The van der Waals surface area contributed by atoms with Crippen LogP contribution in [0.5, 0.6) is 0 Å². The second kappa shape index (κ2) is 10.6. The van der Waals surface area contributed by atoms with E-state index in [0.29, 0.717) is 11.4 Å². The topological polar surface area (TPSA) is 69.7 Å². The molecule has 0 aromatic heterocycles. The molecule has 3 aromatic carbocycles. The first-order valence-electron chi connectivity index (χ1n) is 11.2. The van der Waals surface area contributed by atoms with Gasteiger partial charge in [0.05, 0.1) is 17.9 Å². The molecule has 1 heterocycles. The summed E-state index contributed by atoms with van der Waals surface area (Å²) in [6, 6.07) is 26.3. The van der Waals surface area contributed by atoms with Crippen molar-refractivity contribution in [2.45, 2.75) is 29.5 Å². The third kappa shape index (κ3) is 5.31. The van der Waals surface area contributed by atoms with Crippen molar-refractivity contribution in [3.63, 3.8) is 0 Å². The van der Waals surface area contributed by atoms with Crippen LogP contribution in [0.4, 0.5) is 11.4 Å². The number of nitrogens with one attached hydrogen (secondary N) is 1. The molecule has 0 saturated carbocycles. The summed E-state index contributed by atoms with van der Waals surface area (Å²) >= 11 is 1.46. The van der Waals surface area contributed by atoms with Crippen LogP contribution in [0.2, 0.25) is 0 Å². The molecule has 1 aliphatic heterocycles. The molecule has 4 rings (SSSR count). The molecule has 0 aliphatic carbocycles. The monoisotopic (exact) mass is 473 g/mol. The number of likely N-dealkylation sites (N-methyl/N-ethyl adjacent to an activating group) is 1. The van der Waals surface area contributed by atoms with Gasteiger partial charge in [-0.1, -0.05) is 60.7 Å². The van der Waals surface area contributed by atoms with E-state index >= 15 is 0 Å². The molecule has 2 atom stereocenters. The normalized spacial score (nSPS) is 16.1. The highest BCUT2D eigenvalue weighted by Crippen LogP contribution is 2.37. The summed E-state index contributed by atoms with van der Waals surface area (Å²) in [5.74, 6) is -0.523. The minimum atomic E-state index is -0.488. The third-order valence-corrected chi connectivity index (χ3v) is 6.95. The number of amides is 3. The van der Waals surface area contributed by atoms with Crippen LogP contribution in [0, 0.1) is 0 Å². The molecule has 1 N–H and O–H groups in total. The first kappa shape index (κ1) is 23.6. The van der Waals surface area contributed by atoms with E-state index in [2.05, 4.69) is 5.32 Å². The van der Waals surface area contributed by atoms with Crippen molar-refractivity contribution in [3.8, 4) is 0 Å². The predicted octanol–water partition coefficient (Wildman–Crippen LogP) is 4.74. The quantitative estimate of drug-likeness (QED) is 0.525. The van der Waals surface area contributed by atoms with Crippen LogP contribution in [0.3, 0.4) is 0 Å². The van der Waals surface area contributed by atoms with Gasteiger partial charge in [0, 0.05) is 24.4 Å². The Hall–Kier alpha value is -3.58. The van der Waals surface area contributed by atoms with E-state index in [1.807, 2.05) is 85.8 Å². The van der Waals surface area contributed by atoms with E-state index in [9.17, 15) is 14.4 Å². The average Bonchev–Trinajstić information content (AvgIpc) is 2.97. The Balaban J connectivity index is 1.56. The van der Waals surface area contributed by atoms with Gasteiger partial charge in [-0.25, -0.2) is 0 Å². The molecule has 0 bridgehead atoms. The molecule has 34 heavy (non-hydrogen) atoms. The highest BCUT2D eigenvalue weighted by atomic mass is 32.2. The summed E-state index contributed by atoms with van der Waals surface area (Å²) in [5.41, 5.74) is 2.12. The molecule has 174 valence electrons. The molecule has 2 unspecified atom stereocenters. The second-order valence-corrected chi connectivity index (χ2v) is 9.48. The number of para-hydroxylation sites is 2. The maximum atomic E-state index is 13.6. The molecule has 1 aliphatic rings. The summed E-state index contributed by atoms with van der Waals surface area (Å²) in [7, 11) is 1.65. The molecular weight excluding hydrogens is 446 g/mol. The molecule has 3 amide bonds. The highest BCUT2D eigenvalue weighted by molar-refractivity contribution is 8.00. The zero-order valence-electron chi connectivity index (χ0n) is 19.2. The van der Waals surface area contributed by atoms with Gasteiger partial charge in [-0.2, -0.15) is 0 Å². The van der Waals surface area contributed by atoms with Gasteiger partial charge in [0.25, 0.3) is 0 Å². The smallest absolute Gasteiger partial charge is 0.246 e. The zero-order valence-corrected chi connectivity index (χ0v) is 20.0. The number of nitrogens with zero attached hydrogens (tertiary/aromatic N) is 2. The predicted molar refractivity (Wildman–Crippen MR) is 136 cm³/mol. The van der Waals surface area contributed by atoms with Crippen LogP contribution in [0.15, 0.2) is 89.8 Å². The van der Waals surface area contributed by atoms with E-state index in [4.69, 9.17) is 0 Å². The molecule has 0 spiro atoms. The number of hydrogen-bond donors (Lipinski definition) is 1. The lowest BCUT2D eigenvalue weighted by Gasteiger charge is -2.30. The summed E-state index contributed by atoms with van der Waals surface area (Å²) in [6.45, 7) is 1.75. The number of hydrogen-bond acceptors (Lipinski definition) is 4. The van der Waals surface area contributed by atoms with E-state index in [0.717, 1.165) is 10.5 Å². The Morgan fingerprint density at radius 2 is 1.62 bits per heavy atom. The van der Waals surface area contributed by atoms with Crippen molar-refractivity contribution in [3.05, 3.63) is 90.5 Å². The maximum absolute atomic E-state index is 13.6. The molecule has 3 aromatic rings. The minimum Gasteiger partial charge on any atom is -0.335 e. The third-order valence-electron chi connectivity index (χ3n) is 5.70. The van der Waals surface area contributed by atoms with Crippen molar-refractivity contribution in [2.75, 3.05) is 23.8 Å². The van der Waals surface area contributed by atoms with Gasteiger partial charge in [0.2, 0.25) is 17.7 Å². The van der Waals surface area contributed by atoms with E-state index in [1.54, 1.807) is 18.0 Å². The van der Waals surface area contributed by atoms with E-state index in [-0.39, 0.29) is 36.7 Å². The van der Waals surface area contributed by atoms with E-state index < -0.39 is 5.25 Å². The van der Waals surface area contributed by atoms with Gasteiger partial charge >= 0.3 is 0 Å². The lowest BCUT2D eigenvalue weighted by atomic mass is 10.1. The Morgan fingerprint density at radius 1 is 1.00 bits per heavy atom. The number of benzene rings is 3. The Labute approximate surface area is 204 Å². The number of carbonyl (C=O) groups excluding carboxylic acids is 3. The van der Waals surface area contributed by atoms with Crippen LogP contribution in [0.25, 0.3) is 0 Å². The van der Waals surface area contributed by atoms with Crippen LogP contribution < -0.4 is 10.2 Å². The fourth-order valence-corrected chi connectivity index (χ4v) is 5.21. The average molecular weight is 474 g/mol. The number of thioether (sulfide) groups is 1. The van der Waals surface area contributed by atoms with Gasteiger partial charge < -0.3 is 15.1 Å². The number of carbonyl (C=O) groups is 3. The standard InChI is InChI=1S/C27H27N3O3S/c1-19-17-24(31)28-22-15-9-10-16-23(22)30(19)25(32)18-29(2)27(33)26(20-11-5-3-6-12-20)34-21-13-7-4-8-14-21/h3-16,19,26H,17-18H2,1-2H3,(H,28,31). The Morgan fingerprint density at radius 3 is 2.32 bits per heavy atom. The van der Waals surface area contributed by atoms with Gasteiger partial charge in [0.1, 0.15) is 5.25 Å².